The van der Waals surface area contributed by atoms with Gasteiger partial charge in [0.05, 0.1) is 0 Å². The van der Waals surface area contributed by atoms with Crippen molar-refractivity contribution < 1.29 is 4.79 Å². The van der Waals surface area contributed by atoms with Crippen LogP contribution in [-0.4, -0.2) is 31.6 Å². The summed E-state index contributed by atoms with van der Waals surface area (Å²) in [4.78, 5) is 10.9. The summed E-state index contributed by atoms with van der Waals surface area (Å²) < 4.78 is 0. The number of unbranched alkanes of at least 4 members (excludes halogenated alkanes) is 1. The van der Waals surface area contributed by atoms with Gasteiger partial charge in [-0.25, -0.2) is 5.01 Å². The zero-order chi connectivity index (χ0) is 8.69. The number of carbonyl (C=O) groups is 1. The largest absolute Gasteiger partial charge is 0.330 e. The Bertz CT molecular complexity index is 114. The van der Waals surface area contributed by atoms with Crippen molar-refractivity contribution in [2.45, 2.75) is 19.3 Å². The van der Waals surface area contributed by atoms with Gasteiger partial charge in [-0.1, -0.05) is 0 Å². The first-order chi connectivity index (χ1) is 5.16. The molecule has 4 nitrogen and oxygen atoms in total. The molecule has 4 heteroatoms. The molecule has 0 radical (unpaired) electrons. The smallest absolute Gasteiger partial charge is 0.234 e. The number of hydrazine groups is 1. The van der Waals surface area contributed by atoms with Crippen molar-refractivity contribution >= 4 is 5.91 Å². The van der Waals surface area contributed by atoms with E-state index in [1.54, 1.807) is 19.1 Å². The molecule has 0 aromatic rings. The van der Waals surface area contributed by atoms with E-state index >= 15 is 0 Å². The SMILES string of the molecule is CN(C)NC(=O)CCCCN. The minimum Gasteiger partial charge on any atom is -0.330 e. The van der Waals surface area contributed by atoms with Crippen LogP contribution in [0.5, 0.6) is 0 Å². The summed E-state index contributed by atoms with van der Waals surface area (Å²) in [6, 6.07) is 0. The standard InChI is InChI=1S/C7H17N3O/c1-10(2)9-7(11)5-3-4-6-8/h3-6,8H2,1-2H3,(H,9,11). The Hall–Kier alpha value is -0.610. The van der Waals surface area contributed by atoms with Crippen LogP contribution in [0, 0.1) is 0 Å². The highest BCUT2D eigenvalue weighted by Gasteiger charge is 1.99. The second-order valence-corrected chi connectivity index (χ2v) is 2.68. The maximum Gasteiger partial charge on any atom is 0.234 e. The molecule has 0 saturated heterocycles. The number of nitrogens with two attached hydrogens (primary N) is 1. The second kappa shape index (κ2) is 6.12. The third kappa shape index (κ3) is 7.29. The fourth-order valence-electron chi connectivity index (χ4n) is 0.735. The Kier molecular flexibility index (Phi) is 5.78. The Morgan fingerprint density at radius 3 is 2.55 bits per heavy atom. The molecular weight excluding hydrogens is 142 g/mol. The molecule has 66 valence electrons. The number of carbonyl (C=O) groups excluding carboxylic acids is 1. The minimum absolute atomic E-state index is 0.0588. The molecule has 0 rings (SSSR count). The van der Waals surface area contributed by atoms with Crippen molar-refractivity contribution in [2.24, 2.45) is 5.73 Å². The highest BCUT2D eigenvalue weighted by molar-refractivity contribution is 5.75. The van der Waals surface area contributed by atoms with E-state index in [4.69, 9.17) is 5.73 Å². The number of amides is 1. The van der Waals surface area contributed by atoms with Gasteiger partial charge in [-0.05, 0) is 19.4 Å². The summed E-state index contributed by atoms with van der Waals surface area (Å²) in [5.41, 5.74) is 7.93. The van der Waals surface area contributed by atoms with Crippen molar-refractivity contribution in [1.82, 2.24) is 10.4 Å². The Morgan fingerprint density at radius 2 is 2.09 bits per heavy atom. The molecule has 0 aliphatic carbocycles. The maximum absolute atomic E-state index is 10.9. The lowest BCUT2D eigenvalue weighted by atomic mass is 10.2. The van der Waals surface area contributed by atoms with Crippen LogP contribution in [0.3, 0.4) is 0 Å². The second-order valence-electron chi connectivity index (χ2n) is 2.68. The van der Waals surface area contributed by atoms with Crippen LogP contribution in [0.2, 0.25) is 0 Å². The molecule has 0 aliphatic rings. The molecule has 0 bridgehead atoms. The minimum atomic E-state index is 0.0588. The van der Waals surface area contributed by atoms with E-state index in [1.807, 2.05) is 0 Å². The lowest BCUT2D eigenvalue weighted by molar-refractivity contribution is -0.124. The summed E-state index contributed by atoms with van der Waals surface area (Å²) in [5.74, 6) is 0.0588. The molecule has 0 heterocycles. The van der Waals surface area contributed by atoms with E-state index in [-0.39, 0.29) is 5.91 Å². The number of rotatable bonds is 5. The van der Waals surface area contributed by atoms with Crippen molar-refractivity contribution in [2.75, 3.05) is 20.6 Å². The lowest BCUT2D eigenvalue weighted by Gasteiger charge is -2.10. The van der Waals surface area contributed by atoms with Gasteiger partial charge in [0.1, 0.15) is 0 Å². The molecule has 0 aliphatic heterocycles. The van der Waals surface area contributed by atoms with E-state index in [0.717, 1.165) is 12.8 Å². The number of nitrogens with one attached hydrogen (secondary N) is 1. The van der Waals surface area contributed by atoms with Crippen molar-refractivity contribution in [3.8, 4) is 0 Å². The molecule has 0 fully saturated rings. The van der Waals surface area contributed by atoms with Crippen molar-refractivity contribution in [3.05, 3.63) is 0 Å². The molecule has 0 aromatic carbocycles. The topological polar surface area (TPSA) is 58.4 Å². The van der Waals surface area contributed by atoms with Crippen LogP contribution in [0.1, 0.15) is 19.3 Å². The van der Waals surface area contributed by atoms with Gasteiger partial charge in [-0.2, -0.15) is 0 Å². The molecule has 0 spiro atoms. The Morgan fingerprint density at radius 1 is 1.45 bits per heavy atom. The van der Waals surface area contributed by atoms with Crippen LogP contribution in [-0.2, 0) is 4.79 Å². The van der Waals surface area contributed by atoms with Crippen LogP contribution >= 0.6 is 0 Å². The van der Waals surface area contributed by atoms with Gasteiger partial charge >= 0.3 is 0 Å². The normalized spacial score (nSPS) is 10.2. The predicted octanol–water partition coefficient (Wildman–Crippen LogP) is -0.292. The van der Waals surface area contributed by atoms with Crippen LogP contribution < -0.4 is 11.2 Å². The van der Waals surface area contributed by atoms with Gasteiger partial charge in [0, 0.05) is 20.5 Å². The van der Waals surface area contributed by atoms with E-state index in [0.29, 0.717) is 13.0 Å². The van der Waals surface area contributed by atoms with E-state index in [2.05, 4.69) is 5.43 Å². The van der Waals surface area contributed by atoms with Gasteiger partial charge in [0.25, 0.3) is 0 Å². The summed E-state index contributed by atoms with van der Waals surface area (Å²) in [5, 5.41) is 1.64. The zero-order valence-corrected chi connectivity index (χ0v) is 7.26. The number of hydrogen-bond acceptors (Lipinski definition) is 3. The highest BCUT2D eigenvalue weighted by Crippen LogP contribution is 1.92. The summed E-state index contributed by atoms with van der Waals surface area (Å²) in [6.07, 6.45) is 2.35. The molecule has 0 saturated carbocycles. The molecule has 3 N–H and O–H groups in total. The van der Waals surface area contributed by atoms with Gasteiger partial charge in [0.15, 0.2) is 0 Å². The molecule has 11 heavy (non-hydrogen) atoms. The lowest BCUT2D eigenvalue weighted by Crippen LogP contribution is -2.35. The molecule has 0 atom stereocenters. The van der Waals surface area contributed by atoms with Crippen molar-refractivity contribution in [3.63, 3.8) is 0 Å². The Balaban J connectivity index is 3.23. The van der Waals surface area contributed by atoms with E-state index in [9.17, 15) is 4.79 Å². The fraction of sp³-hybridized carbons (Fsp3) is 0.857. The first kappa shape index (κ1) is 10.4. The van der Waals surface area contributed by atoms with Crippen molar-refractivity contribution in [1.29, 1.82) is 0 Å². The quantitative estimate of drug-likeness (QED) is 0.428. The highest BCUT2D eigenvalue weighted by atomic mass is 16.2. The third-order valence-electron chi connectivity index (χ3n) is 1.21. The monoisotopic (exact) mass is 159 g/mol. The summed E-state index contributed by atoms with van der Waals surface area (Å²) >= 11 is 0. The van der Waals surface area contributed by atoms with Crippen LogP contribution in [0.15, 0.2) is 0 Å². The van der Waals surface area contributed by atoms with Crippen LogP contribution in [0.25, 0.3) is 0 Å². The van der Waals surface area contributed by atoms with Crippen LogP contribution in [0.4, 0.5) is 0 Å². The van der Waals surface area contributed by atoms with E-state index in [1.165, 1.54) is 0 Å². The molecular formula is C7H17N3O. The fourth-order valence-corrected chi connectivity index (χ4v) is 0.735. The van der Waals surface area contributed by atoms with Gasteiger partial charge in [-0.3, -0.25) is 10.2 Å². The number of hydrogen-bond donors (Lipinski definition) is 2. The predicted molar refractivity (Wildman–Crippen MR) is 44.7 cm³/mol. The Labute approximate surface area is 67.7 Å². The average Bonchev–Trinajstić information content (AvgIpc) is 1.86. The first-order valence-electron chi connectivity index (χ1n) is 3.83. The average molecular weight is 159 g/mol. The van der Waals surface area contributed by atoms with Gasteiger partial charge < -0.3 is 5.73 Å². The zero-order valence-electron chi connectivity index (χ0n) is 7.26. The number of nitrogens with zero attached hydrogens (tertiary/aromatic N) is 1. The summed E-state index contributed by atoms with van der Waals surface area (Å²) in [6.45, 7) is 0.662. The maximum atomic E-state index is 10.9. The van der Waals surface area contributed by atoms with Gasteiger partial charge in [-0.15, -0.1) is 0 Å². The van der Waals surface area contributed by atoms with Gasteiger partial charge in [0.2, 0.25) is 5.91 Å². The first-order valence-corrected chi connectivity index (χ1v) is 3.83. The third-order valence-corrected chi connectivity index (χ3v) is 1.21. The molecule has 0 unspecified atom stereocenters. The summed E-state index contributed by atoms with van der Waals surface area (Å²) in [7, 11) is 3.58. The van der Waals surface area contributed by atoms with E-state index < -0.39 is 0 Å². The molecule has 0 aromatic heterocycles. The molecule has 1 amide bonds.